The highest BCUT2D eigenvalue weighted by molar-refractivity contribution is 6.31. The second-order valence-electron chi connectivity index (χ2n) is 4.84. The Bertz CT molecular complexity index is 416. The summed E-state index contributed by atoms with van der Waals surface area (Å²) in [6.07, 6.45) is 1.04. The lowest BCUT2D eigenvalue weighted by molar-refractivity contribution is 0.0907. The Labute approximate surface area is 119 Å². The van der Waals surface area contributed by atoms with Gasteiger partial charge >= 0.3 is 0 Å². The third-order valence-corrected chi connectivity index (χ3v) is 2.88. The topological polar surface area (TPSA) is 35.5 Å². The number of Topliss-reactive ketones (excluding diaryl/α,β-unsaturated/α-hetero) is 1. The van der Waals surface area contributed by atoms with E-state index in [9.17, 15) is 4.79 Å². The summed E-state index contributed by atoms with van der Waals surface area (Å²) < 4.78 is 11.0. The second kappa shape index (κ2) is 8.18. The molecule has 0 unspecified atom stereocenters. The van der Waals surface area contributed by atoms with Crippen molar-refractivity contribution in [2.24, 2.45) is 5.92 Å². The number of rotatable bonds is 8. The number of ketones is 1. The highest BCUT2D eigenvalue weighted by Crippen LogP contribution is 2.23. The van der Waals surface area contributed by atoms with Gasteiger partial charge in [0.25, 0.3) is 0 Å². The maximum atomic E-state index is 11.5. The molecule has 0 aromatic heterocycles. The van der Waals surface area contributed by atoms with E-state index >= 15 is 0 Å². The minimum Gasteiger partial charge on any atom is -0.490 e. The van der Waals surface area contributed by atoms with Gasteiger partial charge in [-0.05, 0) is 37.5 Å². The van der Waals surface area contributed by atoms with Crippen LogP contribution in [0, 0.1) is 5.92 Å². The molecule has 1 aromatic rings. The molecule has 0 amide bonds. The average molecular weight is 285 g/mol. The van der Waals surface area contributed by atoms with Crippen molar-refractivity contribution in [2.75, 3.05) is 19.8 Å². The Morgan fingerprint density at radius 2 is 2.00 bits per heavy atom. The summed E-state index contributed by atoms with van der Waals surface area (Å²) in [6, 6.07) is 5.05. The van der Waals surface area contributed by atoms with Gasteiger partial charge < -0.3 is 9.47 Å². The summed E-state index contributed by atoms with van der Waals surface area (Å²) in [5.41, 5.74) is 0.509. The zero-order valence-corrected chi connectivity index (χ0v) is 12.5. The lowest BCUT2D eigenvalue weighted by atomic mass is 10.1. The van der Waals surface area contributed by atoms with Gasteiger partial charge in [-0.3, -0.25) is 4.79 Å². The monoisotopic (exact) mass is 284 g/mol. The molecular weight excluding hydrogens is 264 g/mol. The number of carbonyl (C=O) groups is 1. The Morgan fingerprint density at radius 3 is 2.63 bits per heavy atom. The third kappa shape index (κ3) is 6.08. The van der Waals surface area contributed by atoms with Crippen molar-refractivity contribution >= 4 is 17.4 Å². The van der Waals surface area contributed by atoms with E-state index in [0.29, 0.717) is 35.5 Å². The van der Waals surface area contributed by atoms with Gasteiger partial charge in [0.2, 0.25) is 0 Å². The molecule has 3 nitrogen and oxygen atoms in total. The van der Waals surface area contributed by atoms with Gasteiger partial charge in [0.15, 0.2) is 5.78 Å². The summed E-state index contributed by atoms with van der Waals surface area (Å²) in [5, 5.41) is 0.533. The Morgan fingerprint density at radius 1 is 1.26 bits per heavy atom. The van der Waals surface area contributed by atoms with Gasteiger partial charge in [0.1, 0.15) is 12.4 Å². The molecule has 0 aliphatic heterocycles. The molecule has 4 heteroatoms. The van der Waals surface area contributed by atoms with Gasteiger partial charge in [0.05, 0.1) is 12.2 Å². The molecule has 0 spiro atoms. The summed E-state index contributed by atoms with van der Waals surface area (Å²) in [5.74, 6) is 1.14. The number of benzene rings is 1. The maximum Gasteiger partial charge on any atom is 0.163 e. The summed E-state index contributed by atoms with van der Waals surface area (Å²) >= 11 is 5.86. The van der Waals surface area contributed by atoms with Gasteiger partial charge in [-0.25, -0.2) is 0 Å². The molecule has 0 N–H and O–H groups in total. The van der Waals surface area contributed by atoms with Crippen molar-refractivity contribution in [3.05, 3.63) is 28.8 Å². The summed E-state index contributed by atoms with van der Waals surface area (Å²) in [6.45, 7) is 7.50. The number of hydrogen-bond donors (Lipinski definition) is 0. The predicted octanol–water partition coefficient (Wildman–Crippen LogP) is 3.98. The van der Waals surface area contributed by atoms with Crippen LogP contribution in [0.1, 0.15) is 37.6 Å². The van der Waals surface area contributed by atoms with E-state index in [2.05, 4.69) is 13.8 Å². The maximum absolute atomic E-state index is 11.5. The van der Waals surface area contributed by atoms with Crippen LogP contribution in [-0.2, 0) is 4.74 Å². The van der Waals surface area contributed by atoms with Crippen molar-refractivity contribution in [3.8, 4) is 5.75 Å². The van der Waals surface area contributed by atoms with Crippen molar-refractivity contribution in [1.29, 1.82) is 0 Å². The molecule has 1 aromatic carbocycles. The van der Waals surface area contributed by atoms with Crippen molar-refractivity contribution in [2.45, 2.75) is 27.2 Å². The van der Waals surface area contributed by atoms with Crippen LogP contribution < -0.4 is 4.74 Å². The van der Waals surface area contributed by atoms with Crippen LogP contribution in [0.4, 0.5) is 0 Å². The smallest absolute Gasteiger partial charge is 0.163 e. The zero-order valence-electron chi connectivity index (χ0n) is 11.7. The SMILES string of the molecule is CC(=O)c1cc(Cl)ccc1OCCOCCC(C)C. The Kier molecular flexibility index (Phi) is 6.89. The van der Waals surface area contributed by atoms with Crippen LogP contribution in [0.3, 0.4) is 0 Å². The van der Waals surface area contributed by atoms with E-state index in [1.165, 1.54) is 6.92 Å². The van der Waals surface area contributed by atoms with Crippen LogP contribution in [0.2, 0.25) is 5.02 Å². The molecule has 0 atom stereocenters. The fourth-order valence-electron chi connectivity index (χ4n) is 1.53. The van der Waals surface area contributed by atoms with E-state index in [1.54, 1.807) is 18.2 Å². The number of ether oxygens (including phenoxy) is 2. The van der Waals surface area contributed by atoms with Crippen LogP contribution in [0.15, 0.2) is 18.2 Å². The molecule has 0 bridgehead atoms. The molecule has 0 saturated heterocycles. The summed E-state index contributed by atoms with van der Waals surface area (Å²) in [7, 11) is 0. The van der Waals surface area contributed by atoms with Gasteiger partial charge in [-0.1, -0.05) is 25.4 Å². The van der Waals surface area contributed by atoms with E-state index in [1.807, 2.05) is 0 Å². The predicted molar refractivity (Wildman–Crippen MR) is 77.2 cm³/mol. The largest absolute Gasteiger partial charge is 0.490 e. The van der Waals surface area contributed by atoms with Crippen LogP contribution in [-0.4, -0.2) is 25.6 Å². The van der Waals surface area contributed by atoms with Gasteiger partial charge in [-0.2, -0.15) is 0 Å². The lowest BCUT2D eigenvalue weighted by Crippen LogP contribution is -2.10. The molecule has 19 heavy (non-hydrogen) atoms. The first-order chi connectivity index (χ1) is 9.00. The Hall–Kier alpha value is -1.06. The first-order valence-corrected chi connectivity index (χ1v) is 6.89. The molecule has 0 fully saturated rings. The quantitative estimate of drug-likeness (QED) is 0.535. The van der Waals surface area contributed by atoms with Crippen LogP contribution in [0.25, 0.3) is 0 Å². The third-order valence-electron chi connectivity index (χ3n) is 2.65. The zero-order chi connectivity index (χ0) is 14.3. The molecule has 0 saturated carbocycles. The van der Waals surface area contributed by atoms with Crippen LogP contribution >= 0.6 is 11.6 Å². The Balaban J connectivity index is 2.39. The first-order valence-electron chi connectivity index (χ1n) is 6.51. The van der Waals surface area contributed by atoms with E-state index in [-0.39, 0.29) is 5.78 Å². The molecule has 0 heterocycles. The van der Waals surface area contributed by atoms with Crippen molar-refractivity contribution in [1.82, 2.24) is 0 Å². The van der Waals surface area contributed by atoms with Gasteiger partial charge in [0, 0.05) is 11.6 Å². The highest BCUT2D eigenvalue weighted by atomic mass is 35.5. The van der Waals surface area contributed by atoms with Crippen LogP contribution in [0.5, 0.6) is 5.75 Å². The molecule has 0 aliphatic carbocycles. The number of halogens is 1. The lowest BCUT2D eigenvalue weighted by Gasteiger charge is -2.11. The van der Waals surface area contributed by atoms with E-state index < -0.39 is 0 Å². The average Bonchev–Trinajstić information content (AvgIpc) is 2.34. The van der Waals surface area contributed by atoms with Crippen molar-refractivity contribution < 1.29 is 14.3 Å². The van der Waals surface area contributed by atoms with Crippen molar-refractivity contribution in [3.63, 3.8) is 0 Å². The van der Waals surface area contributed by atoms with E-state index in [0.717, 1.165) is 13.0 Å². The molecule has 106 valence electrons. The summed E-state index contributed by atoms with van der Waals surface area (Å²) in [4.78, 5) is 11.5. The molecule has 0 radical (unpaired) electrons. The normalized spacial score (nSPS) is 10.8. The molecular formula is C15H21ClO3. The fraction of sp³-hybridized carbons (Fsp3) is 0.533. The minimum absolute atomic E-state index is 0.0572. The second-order valence-corrected chi connectivity index (χ2v) is 5.28. The number of carbonyl (C=O) groups excluding carboxylic acids is 1. The van der Waals surface area contributed by atoms with E-state index in [4.69, 9.17) is 21.1 Å². The van der Waals surface area contributed by atoms with Gasteiger partial charge in [-0.15, -0.1) is 0 Å². The first kappa shape index (κ1) is 16.0. The highest BCUT2D eigenvalue weighted by Gasteiger charge is 2.09. The standard InChI is InChI=1S/C15H21ClO3/c1-11(2)6-7-18-8-9-19-15-5-4-13(16)10-14(15)12(3)17/h4-5,10-11H,6-9H2,1-3H3. The minimum atomic E-state index is -0.0572. The molecule has 1 rings (SSSR count). The molecule has 0 aliphatic rings. The number of hydrogen-bond acceptors (Lipinski definition) is 3. The fourth-order valence-corrected chi connectivity index (χ4v) is 1.71.